The van der Waals surface area contributed by atoms with Crippen LogP contribution in [-0.4, -0.2) is 29.0 Å². The number of carbonyl (C=O) groups is 1. The van der Waals surface area contributed by atoms with E-state index < -0.39 is 11.0 Å². The average Bonchev–Trinajstić information content (AvgIpc) is 2.72. The molecule has 2 N–H and O–H groups in total. The van der Waals surface area contributed by atoms with Gasteiger partial charge in [0.15, 0.2) is 0 Å². The lowest BCUT2D eigenvalue weighted by molar-refractivity contribution is -0.385. The predicted molar refractivity (Wildman–Crippen MR) is 94.5 cm³/mol. The molecule has 1 aliphatic heterocycles. The third-order valence-electron chi connectivity index (χ3n) is 4.30. The number of nitro benzene ring substituents is 1. The summed E-state index contributed by atoms with van der Waals surface area (Å²) in [6.45, 7) is 2.51. The standard InChI is InChI=1S/C18H19N3O4/c1-12-10-20(16-8-3-2-7-15(16)19-18(12)23)11-17(22)13-5-4-6-14(9-13)21(24)25/h2-9,12,17,22H,10-11H2,1H3,(H,19,23). The van der Waals surface area contributed by atoms with E-state index >= 15 is 0 Å². The van der Waals surface area contributed by atoms with Crippen LogP contribution >= 0.6 is 0 Å². The number of anilines is 2. The highest BCUT2D eigenvalue weighted by atomic mass is 16.6. The van der Waals surface area contributed by atoms with Gasteiger partial charge < -0.3 is 15.3 Å². The van der Waals surface area contributed by atoms with E-state index in [1.807, 2.05) is 36.1 Å². The van der Waals surface area contributed by atoms with Gasteiger partial charge in [-0.3, -0.25) is 14.9 Å². The molecule has 0 radical (unpaired) electrons. The number of rotatable bonds is 4. The van der Waals surface area contributed by atoms with E-state index in [0.29, 0.717) is 17.8 Å². The quantitative estimate of drug-likeness (QED) is 0.658. The number of nitrogens with one attached hydrogen (secondary N) is 1. The highest BCUT2D eigenvalue weighted by molar-refractivity contribution is 5.97. The van der Waals surface area contributed by atoms with E-state index in [1.165, 1.54) is 12.1 Å². The maximum absolute atomic E-state index is 12.1. The molecule has 2 unspecified atom stereocenters. The molecule has 0 aromatic heterocycles. The van der Waals surface area contributed by atoms with Crippen molar-refractivity contribution in [3.63, 3.8) is 0 Å². The molecule has 0 saturated heterocycles. The molecule has 0 spiro atoms. The van der Waals surface area contributed by atoms with E-state index in [9.17, 15) is 20.0 Å². The Morgan fingerprint density at radius 3 is 2.84 bits per heavy atom. The average molecular weight is 341 g/mol. The number of nitrogens with zero attached hydrogens (tertiary/aromatic N) is 2. The Morgan fingerprint density at radius 2 is 2.08 bits per heavy atom. The van der Waals surface area contributed by atoms with Gasteiger partial charge in [-0.2, -0.15) is 0 Å². The van der Waals surface area contributed by atoms with Crippen molar-refractivity contribution in [3.05, 3.63) is 64.2 Å². The topological polar surface area (TPSA) is 95.7 Å². The van der Waals surface area contributed by atoms with Crippen molar-refractivity contribution in [1.82, 2.24) is 0 Å². The number of nitro groups is 1. The van der Waals surface area contributed by atoms with Crippen LogP contribution in [0.3, 0.4) is 0 Å². The molecule has 2 aromatic rings. The third-order valence-corrected chi connectivity index (χ3v) is 4.30. The number of benzene rings is 2. The maximum atomic E-state index is 12.1. The van der Waals surface area contributed by atoms with Crippen LogP contribution in [0.5, 0.6) is 0 Å². The van der Waals surface area contributed by atoms with Gasteiger partial charge in [-0.15, -0.1) is 0 Å². The molecule has 3 rings (SSSR count). The third kappa shape index (κ3) is 3.61. The van der Waals surface area contributed by atoms with Gasteiger partial charge in [0.25, 0.3) is 5.69 Å². The lowest BCUT2D eigenvalue weighted by Crippen LogP contribution is -2.34. The number of aliphatic hydroxyl groups excluding tert-OH is 1. The zero-order chi connectivity index (χ0) is 18.0. The van der Waals surface area contributed by atoms with Crippen LogP contribution in [0.15, 0.2) is 48.5 Å². The number of amides is 1. The van der Waals surface area contributed by atoms with Gasteiger partial charge in [-0.1, -0.05) is 31.2 Å². The first-order valence-corrected chi connectivity index (χ1v) is 8.03. The Kier molecular flexibility index (Phi) is 4.67. The van der Waals surface area contributed by atoms with E-state index in [0.717, 1.165) is 5.69 Å². The lowest BCUT2D eigenvalue weighted by atomic mass is 10.1. The highest BCUT2D eigenvalue weighted by Gasteiger charge is 2.26. The van der Waals surface area contributed by atoms with Crippen LogP contribution in [0.4, 0.5) is 17.1 Å². The summed E-state index contributed by atoms with van der Waals surface area (Å²) in [6.07, 6.45) is -0.909. The number of hydrogen-bond donors (Lipinski definition) is 2. The van der Waals surface area contributed by atoms with Crippen molar-refractivity contribution in [1.29, 1.82) is 0 Å². The van der Waals surface area contributed by atoms with Gasteiger partial charge >= 0.3 is 0 Å². The molecule has 1 aliphatic rings. The highest BCUT2D eigenvalue weighted by Crippen LogP contribution is 2.31. The first-order valence-electron chi connectivity index (χ1n) is 8.03. The second kappa shape index (κ2) is 6.90. The number of non-ortho nitro benzene ring substituents is 1. The molecule has 25 heavy (non-hydrogen) atoms. The molecular weight excluding hydrogens is 322 g/mol. The summed E-state index contributed by atoms with van der Waals surface area (Å²) in [6, 6.07) is 13.4. The molecular formula is C18H19N3O4. The predicted octanol–water partition coefficient (Wildman–Crippen LogP) is 2.72. The van der Waals surface area contributed by atoms with Gasteiger partial charge in [-0.25, -0.2) is 0 Å². The van der Waals surface area contributed by atoms with Crippen molar-refractivity contribution in [2.45, 2.75) is 13.0 Å². The van der Waals surface area contributed by atoms with Gasteiger partial charge in [0, 0.05) is 25.2 Å². The first kappa shape index (κ1) is 16.9. The van der Waals surface area contributed by atoms with E-state index in [4.69, 9.17) is 0 Å². The van der Waals surface area contributed by atoms with Gasteiger partial charge in [0.2, 0.25) is 5.91 Å². The largest absolute Gasteiger partial charge is 0.387 e. The normalized spacial score (nSPS) is 18.1. The number of para-hydroxylation sites is 2. The van der Waals surface area contributed by atoms with Crippen molar-refractivity contribution in [2.75, 3.05) is 23.3 Å². The smallest absolute Gasteiger partial charge is 0.269 e. The second-order valence-electron chi connectivity index (χ2n) is 6.18. The molecule has 7 heteroatoms. The first-order chi connectivity index (χ1) is 12.0. The van der Waals surface area contributed by atoms with E-state index in [-0.39, 0.29) is 24.1 Å². The monoisotopic (exact) mass is 341 g/mol. The summed E-state index contributed by atoms with van der Waals surface area (Å²) in [5, 5.41) is 24.4. The second-order valence-corrected chi connectivity index (χ2v) is 6.18. The Balaban J connectivity index is 1.87. The van der Waals surface area contributed by atoms with E-state index in [2.05, 4.69) is 5.32 Å². The molecule has 0 saturated carbocycles. The van der Waals surface area contributed by atoms with Gasteiger partial charge in [0.05, 0.1) is 28.3 Å². The van der Waals surface area contributed by atoms with Crippen LogP contribution in [0, 0.1) is 16.0 Å². The minimum Gasteiger partial charge on any atom is -0.387 e. The molecule has 1 heterocycles. The fraction of sp³-hybridized carbons (Fsp3) is 0.278. The van der Waals surface area contributed by atoms with Crippen molar-refractivity contribution < 1.29 is 14.8 Å². The number of carbonyl (C=O) groups excluding carboxylic acids is 1. The van der Waals surface area contributed by atoms with Crippen molar-refractivity contribution >= 4 is 23.0 Å². The van der Waals surface area contributed by atoms with Gasteiger partial charge in [-0.05, 0) is 17.7 Å². The van der Waals surface area contributed by atoms with Crippen LogP contribution in [0.1, 0.15) is 18.6 Å². The lowest BCUT2D eigenvalue weighted by Gasteiger charge is -2.28. The number of fused-ring (bicyclic) bond motifs is 1. The SMILES string of the molecule is CC1CN(CC(O)c2cccc([N+](=O)[O-])c2)c2ccccc2NC1=O. The Labute approximate surface area is 145 Å². The minimum atomic E-state index is -0.909. The molecule has 130 valence electrons. The zero-order valence-corrected chi connectivity index (χ0v) is 13.8. The summed E-state index contributed by atoms with van der Waals surface area (Å²) >= 11 is 0. The van der Waals surface area contributed by atoms with Crippen LogP contribution < -0.4 is 10.2 Å². The molecule has 2 atom stereocenters. The Morgan fingerprint density at radius 1 is 1.32 bits per heavy atom. The fourth-order valence-corrected chi connectivity index (χ4v) is 2.96. The van der Waals surface area contributed by atoms with Crippen LogP contribution in [-0.2, 0) is 4.79 Å². The Hall–Kier alpha value is -2.93. The Bertz CT molecular complexity index is 808. The van der Waals surface area contributed by atoms with E-state index in [1.54, 1.807) is 12.1 Å². The summed E-state index contributed by atoms with van der Waals surface area (Å²) in [7, 11) is 0. The van der Waals surface area contributed by atoms with Crippen molar-refractivity contribution in [3.8, 4) is 0 Å². The van der Waals surface area contributed by atoms with Crippen molar-refractivity contribution in [2.24, 2.45) is 5.92 Å². The zero-order valence-electron chi connectivity index (χ0n) is 13.8. The van der Waals surface area contributed by atoms with Crippen LogP contribution in [0.2, 0.25) is 0 Å². The summed E-state index contributed by atoms with van der Waals surface area (Å²) < 4.78 is 0. The molecule has 0 fully saturated rings. The molecule has 1 amide bonds. The summed E-state index contributed by atoms with van der Waals surface area (Å²) in [5.74, 6) is -0.315. The molecule has 7 nitrogen and oxygen atoms in total. The minimum absolute atomic E-state index is 0.0574. The van der Waals surface area contributed by atoms with Crippen LogP contribution in [0.25, 0.3) is 0 Å². The molecule has 2 aromatic carbocycles. The molecule has 0 aliphatic carbocycles. The molecule has 0 bridgehead atoms. The summed E-state index contributed by atoms with van der Waals surface area (Å²) in [4.78, 5) is 24.5. The van der Waals surface area contributed by atoms with Gasteiger partial charge in [0.1, 0.15) is 0 Å². The maximum Gasteiger partial charge on any atom is 0.269 e. The summed E-state index contributed by atoms with van der Waals surface area (Å²) in [5.41, 5.74) is 1.94. The fourth-order valence-electron chi connectivity index (χ4n) is 2.96. The number of hydrogen-bond acceptors (Lipinski definition) is 5. The number of aliphatic hydroxyl groups is 1. The number of β-amino-alcohol motifs (C(OH)–C–C–N with tert-alkyl or cyclic N) is 1.